The van der Waals surface area contributed by atoms with Gasteiger partial charge < -0.3 is 4.74 Å². The lowest BCUT2D eigenvalue weighted by Crippen LogP contribution is -2.15. The highest BCUT2D eigenvalue weighted by atomic mass is 32.2. The predicted molar refractivity (Wildman–Crippen MR) is 65.5 cm³/mol. The Morgan fingerprint density at radius 2 is 2.10 bits per heavy atom. The van der Waals surface area contributed by atoms with Gasteiger partial charge in [0.2, 0.25) is 11.8 Å². The first-order valence-corrected chi connectivity index (χ1v) is 7.41. The molecule has 0 atom stereocenters. The molecule has 0 aliphatic carbocycles. The van der Waals surface area contributed by atoms with Crippen molar-refractivity contribution < 1.29 is 26.3 Å². The number of halogens is 3. The molecule has 0 aliphatic heterocycles. The molecule has 0 fully saturated rings. The maximum Gasteiger partial charge on any atom is 0.453 e. The van der Waals surface area contributed by atoms with Crippen LogP contribution in [-0.2, 0) is 23.2 Å². The van der Waals surface area contributed by atoms with Gasteiger partial charge in [0.25, 0.3) is 15.8 Å². The number of alkyl halides is 3. The standard InChI is InChI=1S/C8H8F3N5O3S2/c1-16-7(12-6(13-16)8(9,10)11)15-21(17,18)5-3-4(19-2)14-20-5/h3H,1-2H3,(H,12,13,15). The van der Waals surface area contributed by atoms with Crippen LogP contribution in [0.1, 0.15) is 5.82 Å². The quantitative estimate of drug-likeness (QED) is 0.892. The molecule has 116 valence electrons. The van der Waals surface area contributed by atoms with E-state index in [1.807, 2.05) is 4.72 Å². The van der Waals surface area contributed by atoms with E-state index < -0.39 is 28.0 Å². The summed E-state index contributed by atoms with van der Waals surface area (Å²) in [7, 11) is -1.69. The van der Waals surface area contributed by atoms with E-state index in [-0.39, 0.29) is 10.1 Å². The number of sulfonamides is 1. The van der Waals surface area contributed by atoms with Crippen molar-refractivity contribution in [3.05, 3.63) is 11.9 Å². The zero-order valence-corrected chi connectivity index (χ0v) is 12.2. The van der Waals surface area contributed by atoms with E-state index in [0.717, 1.165) is 13.1 Å². The number of anilines is 1. The number of hydrogen-bond donors (Lipinski definition) is 1. The maximum absolute atomic E-state index is 12.4. The van der Waals surface area contributed by atoms with Crippen LogP contribution in [-0.4, -0.2) is 34.7 Å². The molecule has 0 unspecified atom stereocenters. The molecule has 1 N–H and O–H groups in total. The fourth-order valence-electron chi connectivity index (χ4n) is 1.23. The lowest BCUT2D eigenvalue weighted by Gasteiger charge is -2.03. The molecule has 2 aromatic rings. The molecule has 2 heterocycles. The van der Waals surface area contributed by atoms with Gasteiger partial charge in [-0.1, -0.05) is 0 Å². The lowest BCUT2D eigenvalue weighted by molar-refractivity contribution is -0.144. The summed E-state index contributed by atoms with van der Waals surface area (Å²) in [6, 6.07) is 1.13. The monoisotopic (exact) mass is 343 g/mol. The molecule has 21 heavy (non-hydrogen) atoms. The van der Waals surface area contributed by atoms with Crippen LogP contribution in [0.25, 0.3) is 0 Å². The molecule has 0 amide bonds. The highest BCUT2D eigenvalue weighted by Gasteiger charge is 2.37. The minimum absolute atomic E-state index is 0.0781. The molecule has 0 bridgehead atoms. The first-order chi connectivity index (χ1) is 9.63. The minimum atomic E-state index is -4.77. The molecule has 13 heteroatoms. The lowest BCUT2D eigenvalue weighted by atomic mass is 10.6. The zero-order chi connectivity index (χ0) is 15.8. The number of hydrogen-bond acceptors (Lipinski definition) is 7. The van der Waals surface area contributed by atoms with Gasteiger partial charge in [-0.05, 0) is 11.5 Å². The highest BCUT2D eigenvalue weighted by Crippen LogP contribution is 2.28. The van der Waals surface area contributed by atoms with Gasteiger partial charge in [-0.2, -0.15) is 22.5 Å². The Morgan fingerprint density at radius 1 is 1.43 bits per heavy atom. The van der Waals surface area contributed by atoms with Crippen LogP contribution in [0.15, 0.2) is 10.3 Å². The van der Waals surface area contributed by atoms with E-state index in [9.17, 15) is 21.6 Å². The summed E-state index contributed by atoms with van der Waals surface area (Å²) in [6.07, 6.45) is -4.77. The molecule has 0 radical (unpaired) electrons. The van der Waals surface area contributed by atoms with Crippen molar-refractivity contribution >= 4 is 27.5 Å². The van der Waals surface area contributed by atoms with Crippen molar-refractivity contribution in [2.24, 2.45) is 7.05 Å². The number of nitrogens with one attached hydrogen (secondary N) is 1. The topological polar surface area (TPSA) is 99.0 Å². The Bertz CT molecular complexity index is 752. The molecule has 0 saturated carbocycles. The van der Waals surface area contributed by atoms with Gasteiger partial charge in [0.1, 0.15) is 0 Å². The van der Waals surface area contributed by atoms with Crippen molar-refractivity contribution in [1.82, 2.24) is 19.1 Å². The number of aromatic nitrogens is 4. The van der Waals surface area contributed by atoms with Crippen LogP contribution >= 0.6 is 11.5 Å². The molecular formula is C8H8F3N5O3S2. The summed E-state index contributed by atoms with van der Waals surface area (Å²) in [4.78, 5) is 3.11. The highest BCUT2D eigenvalue weighted by molar-refractivity contribution is 7.94. The van der Waals surface area contributed by atoms with Gasteiger partial charge in [-0.15, -0.1) is 5.10 Å². The predicted octanol–water partition coefficient (Wildman–Crippen LogP) is 1.10. The second-order valence-corrected chi connectivity index (χ2v) is 6.39. The van der Waals surface area contributed by atoms with Gasteiger partial charge in [0, 0.05) is 13.1 Å². The molecule has 2 rings (SSSR count). The number of nitrogens with zero attached hydrogens (tertiary/aromatic N) is 4. The summed E-state index contributed by atoms with van der Waals surface area (Å²) in [5, 5.41) is 3.10. The fourth-order valence-corrected chi connectivity index (χ4v) is 3.09. The Balaban J connectivity index is 2.31. The summed E-state index contributed by atoms with van der Waals surface area (Å²) >= 11 is 0.613. The van der Waals surface area contributed by atoms with Crippen molar-refractivity contribution in [3.8, 4) is 5.88 Å². The van der Waals surface area contributed by atoms with Crippen LogP contribution in [0.2, 0.25) is 0 Å². The van der Waals surface area contributed by atoms with Gasteiger partial charge in [0.05, 0.1) is 7.11 Å². The number of rotatable bonds is 4. The van der Waals surface area contributed by atoms with Crippen molar-refractivity contribution in [2.75, 3.05) is 11.8 Å². The van der Waals surface area contributed by atoms with E-state index in [2.05, 4.69) is 14.5 Å². The first-order valence-electron chi connectivity index (χ1n) is 5.15. The summed E-state index contributed by atoms with van der Waals surface area (Å²) < 4.78 is 72.1. The van der Waals surface area contributed by atoms with Gasteiger partial charge in [0.15, 0.2) is 4.21 Å². The van der Waals surface area contributed by atoms with Gasteiger partial charge >= 0.3 is 6.18 Å². The maximum atomic E-state index is 12.4. The van der Waals surface area contributed by atoms with Crippen LogP contribution in [0.3, 0.4) is 0 Å². The molecule has 0 aromatic carbocycles. The van der Waals surface area contributed by atoms with E-state index in [1.54, 1.807) is 0 Å². The number of ether oxygens (including phenoxy) is 1. The largest absolute Gasteiger partial charge is 0.480 e. The van der Waals surface area contributed by atoms with Crippen LogP contribution < -0.4 is 9.46 Å². The minimum Gasteiger partial charge on any atom is -0.480 e. The van der Waals surface area contributed by atoms with Crippen molar-refractivity contribution in [1.29, 1.82) is 0 Å². The second-order valence-electron chi connectivity index (χ2n) is 3.67. The van der Waals surface area contributed by atoms with Crippen LogP contribution in [0.4, 0.5) is 19.1 Å². The van der Waals surface area contributed by atoms with E-state index in [4.69, 9.17) is 4.74 Å². The Hall–Kier alpha value is -1.89. The van der Waals surface area contributed by atoms with Crippen LogP contribution in [0, 0.1) is 0 Å². The van der Waals surface area contributed by atoms with E-state index in [1.165, 1.54) is 7.11 Å². The smallest absolute Gasteiger partial charge is 0.453 e. The van der Waals surface area contributed by atoms with Crippen molar-refractivity contribution in [2.45, 2.75) is 10.4 Å². The Morgan fingerprint density at radius 3 is 2.57 bits per heavy atom. The third kappa shape index (κ3) is 3.24. The number of methoxy groups -OCH3 is 1. The second kappa shape index (κ2) is 5.14. The molecule has 0 saturated heterocycles. The number of aryl methyl sites for hydroxylation is 1. The molecule has 0 spiro atoms. The van der Waals surface area contributed by atoms with Crippen molar-refractivity contribution in [3.63, 3.8) is 0 Å². The SMILES string of the molecule is COc1cc(S(=O)(=O)Nc2nc(C(F)(F)F)nn2C)sn1. The molecule has 0 aliphatic rings. The van der Waals surface area contributed by atoms with Gasteiger partial charge in [-0.3, -0.25) is 0 Å². The zero-order valence-electron chi connectivity index (χ0n) is 10.5. The summed E-state index contributed by atoms with van der Waals surface area (Å²) in [5.74, 6) is -1.92. The Labute approximate surface area is 120 Å². The Kier molecular flexibility index (Phi) is 3.79. The average molecular weight is 343 g/mol. The van der Waals surface area contributed by atoms with Crippen LogP contribution in [0.5, 0.6) is 5.88 Å². The molecular weight excluding hydrogens is 335 g/mol. The van der Waals surface area contributed by atoms with E-state index >= 15 is 0 Å². The average Bonchev–Trinajstić information content (AvgIpc) is 2.96. The third-order valence-corrected chi connectivity index (χ3v) is 4.73. The first kappa shape index (κ1) is 15.5. The summed E-state index contributed by atoms with van der Waals surface area (Å²) in [5.41, 5.74) is 0. The van der Waals surface area contributed by atoms with E-state index in [0.29, 0.717) is 16.2 Å². The molecule has 2 aromatic heterocycles. The molecule has 8 nitrogen and oxygen atoms in total. The fraction of sp³-hybridized carbons (Fsp3) is 0.375. The third-order valence-electron chi connectivity index (χ3n) is 2.18. The van der Waals surface area contributed by atoms with Gasteiger partial charge in [-0.25, -0.2) is 17.8 Å². The normalized spacial score (nSPS) is 12.4. The summed E-state index contributed by atoms with van der Waals surface area (Å²) in [6.45, 7) is 0.